The fourth-order valence-electron chi connectivity index (χ4n) is 4.43. The van der Waals surface area contributed by atoms with Gasteiger partial charge in [-0.3, -0.25) is 14.5 Å². The number of nitrogens with zero attached hydrogens (tertiary/aromatic N) is 3. The van der Waals surface area contributed by atoms with Gasteiger partial charge in [-0.25, -0.2) is 9.37 Å². The molecule has 39 heavy (non-hydrogen) atoms. The zero-order chi connectivity index (χ0) is 28.1. The number of hydrogen-bond donors (Lipinski definition) is 2. The van der Waals surface area contributed by atoms with Gasteiger partial charge in [-0.1, -0.05) is 35.3 Å². The molecule has 0 spiro atoms. The zero-order valence-corrected chi connectivity index (χ0v) is 23.2. The number of benzene rings is 2. The number of piperazine rings is 1. The van der Waals surface area contributed by atoms with Crippen molar-refractivity contribution < 1.29 is 18.7 Å². The second kappa shape index (κ2) is 12.6. The summed E-state index contributed by atoms with van der Waals surface area (Å²) in [6.45, 7) is 7.45. The first-order chi connectivity index (χ1) is 18.6. The van der Waals surface area contributed by atoms with Crippen molar-refractivity contribution in [2.24, 2.45) is 0 Å². The number of ether oxygens (including phenoxy) is 1. The molecule has 206 valence electrons. The van der Waals surface area contributed by atoms with E-state index in [9.17, 15) is 14.0 Å². The van der Waals surface area contributed by atoms with Gasteiger partial charge < -0.3 is 20.7 Å². The van der Waals surface area contributed by atoms with Crippen LogP contribution in [0.25, 0.3) is 11.1 Å². The summed E-state index contributed by atoms with van der Waals surface area (Å²) in [5.74, 6) is -0.281. The summed E-state index contributed by atoms with van der Waals surface area (Å²) >= 11 is 12.4. The first-order valence-corrected chi connectivity index (χ1v) is 13.3. The van der Waals surface area contributed by atoms with Crippen LogP contribution in [0.15, 0.2) is 48.7 Å². The number of pyridine rings is 1. The van der Waals surface area contributed by atoms with E-state index in [1.807, 2.05) is 11.0 Å². The molecule has 1 unspecified atom stereocenters. The monoisotopic (exact) mass is 573 g/mol. The van der Waals surface area contributed by atoms with Crippen molar-refractivity contribution in [2.45, 2.75) is 20.0 Å². The van der Waals surface area contributed by atoms with Crippen LogP contribution >= 0.6 is 23.2 Å². The molecule has 3 N–H and O–H groups in total. The van der Waals surface area contributed by atoms with Crippen molar-refractivity contribution in [1.82, 2.24) is 20.1 Å². The third-order valence-electron chi connectivity index (χ3n) is 6.66. The van der Waals surface area contributed by atoms with Gasteiger partial charge in [0.1, 0.15) is 11.9 Å². The van der Waals surface area contributed by atoms with Crippen LogP contribution in [0.3, 0.4) is 0 Å². The van der Waals surface area contributed by atoms with Crippen molar-refractivity contribution in [3.05, 3.63) is 75.7 Å². The number of halogens is 3. The van der Waals surface area contributed by atoms with Crippen LogP contribution in [-0.4, -0.2) is 65.9 Å². The number of anilines is 1. The van der Waals surface area contributed by atoms with Gasteiger partial charge in [-0.05, 0) is 42.8 Å². The molecule has 2 heterocycles. The van der Waals surface area contributed by atoms with Crippen LogP contribution in [0.1, 0.15) is 35.9 Å². The van der Waals surface area contributed by atoms with Crippen LogP contribution in [0.4, 0.5) is 10.2 Å². The Balaban J connectivity index is 1.41. The number of nitrogen functional groups attached to an aromatic ring is 1. The fourth-order valence-corrected chi connectivity index (χ4v) is 5.11. The van der Waals surface area contributed by atoms with Crippen LogP contribution in [0.5, 0.6) is 5.75 Å². The van der Waals surface area contributed by atoms with Crippen molar-refractivity contribution >= 4 is 40.8 Å². The van der Waals surface area contributed by atoms with E-state index in [2.05, 4.69) is 15.2 Å². The molecule has 1 aliphatic heterocycles. The topological polar surface area (TPSA) is 101 Å². The van der Waals surface area contributed by atoms with Crippen molar-refractivity contribution in [3.63, 3.8) is 0 Å². The molecule has 8 nitrogen and oxygen atoms in total. The molecule has 0 bridgehead atoms. The van der Waals surface area contributed by atoms with Gasteiger partial charge in [0, 0.05) is 74.1 Å². The number of rotatable bonds is 8. The minimum atomic E-state index is -0.706. The Morgan fingerprint density at radius 3 is 2.59 bits per heavy atom. The lowest BCUT2D eigenvalue weighted by molar-refractivity contribution is -0.130. The first-order valence-electron chi connectivity index (χ1n) is 12.6. The summed E-state index contributed by atoms with van der Waals surface area (Å²) in [5, 5.41) is 3.12. The summed E-state index contributed by atoms with van der Waals surface area (Å²) < 4.78 is 20.0. The first kappa shape index (κ1) is 28.6. The van der Waals surface area contributed by atoms with Crippen LogP contribution in [0, 0.1) is 5.82 Å². The standard InChI is InChI=1S/C28H30Cl2FN5O3/c1-17(25-22(29)6-7-23(31)26(25)30)39-24-15-21(16-34-27(24)32)19-4-3-5-20(14-19)28(38)33-8-9-35-10-12-36(13-11-35)18(2)37/h3-7,14-17H,8-13H2,1-2H3,(H2,32,34)(H,33,38). The van der Waals surface area contributed by atoms with E-state index < -0.39 is 11.9 Å². The van der Waals surface area contributed by atoms with Gasteiger partial charge in [0.25, 0.3) is 5.91 Å². The Bertz CT molecular complexity index is 1370. The molecule has 0 aliphatic carbocycles. The molecule has 11 heteroatoms. The molecule has 3 aromatic rings. The van der Waals surface area contributed by atoms with Gasteiger partial charge in [0.2, 0.25) is 5.91 Å². The maximum absolute atomic E-state index is 14.0. The van der Waals surface area contributed by atoms with Gasteiger partial charge in [0.15, 0.2) is 11.6 Å². The normalized spacial score (nSPS) is 14.6. The number of hydrogen-bond acceptors (Lipinski definition) is 6. The van der Waals surface area contributed by atoms with Crippen molar-refractivity contribution in [2.75, 3.05) is 45.0 Å². The van der Waals surface area contributed by atoms with E-state index in [-0.39, 0.29) is 33.4 Å². The van der Waals surface area contributed by atoms with E-state index in [1.165, 1.54) is 12.1 Å². The molecular formula is C28H30Cl2FN5O3. The molecule has 0 radical (unpaired) electrons. The maximum atomic E-state index is 14.0. The molecule has 1 saturated heterocycles. The van der Waals surface area contributed by atoms with Crippen LogP contribution in [0.2, 0.25) is 10.0 Å². The fraction of sp³-hybridized carbons (Fsp3) is 0.321. The number of nitrogens with two attached hydrogens (primary N) is 1. The number of aromatic nitrogens is 1. The Labute approximate surface area is 236 Å². The smallest absolute Gasteiger partial charge is 0.251 e. The second-order valence-corrected chi connectivity index (χ2v) is 10.1. The average molecular weight is 574 g/mol. The third kappa shape index (κ3) is 6.98. The molecule has 1 atom stereocenters. The molecule has 2 aromatic carbocycles. The number of amides is 2. The largest absolute Gasteiger partial charge is 0.482 e. The predicted octanol–water partition coefficient (Wildman–Crippen LogP) is 4.81. The molecule has 1 fully saturated rings. The van der Waals surface area contributed by atoms with E-state index >= 15 is 0 Å². The van der Waals surface area contributed by atoms with Crippen LogP contribution in [-0.2, 0) is 4.79 Å². The summed E-state index contributed by atoms with van der Waals surface area (Å²) in [5.41, 5.74) is 8.29. The Morgan fingerprint density at radius 1 is 1.13 bits per heavy atom. The molecule has 1 aromatic heterocycles. The summed E-state index contributed by atoms with van der Waals surface area (Å²) in [4.78, 5) is 32.6. The van der Waals surface area contributed by atoms with E-state index in [0.717, 1.165) is 18.7 Å². The molecule has 2 amide bonds. The third-order valence-corrected chi connectivity index (χ3v) is 7.37. The lowest BCUT2D eigenvalue weighted by Crippen LogP contribution is -2.49. The van der Waals surface area contributed by atoms with Gasteiger partial charge in [-0.15, -0.1) is 0 Å². The Morgan fingerprint density at radius 2 is 1.87 bits per heavy atom. The van der Waals surface area contributed by atoms with Crippen LogP contribution < -0.4 is 15.8 Å². The van der Waals surface area contributed by atoms with E-state index in [1.54, 1.807) is 44.3 Å². The highest BCUT2D eigenvalue weighted by atomic mass is 35.5. The number of nitrogens with one attached hydrogen (secondary N) is 1. The highest BCUT2D eigenvalue weighted by Crippen LogP contribution is 2.37. The van der Waals surface area contributed by atoms with Gasteiger partial charge in [-0.2, -0.15) is 0 Å². The van der Waals surface area contributed by atoms with E-state index in [4.69, 9.17) is 33.7 Å². The lowest BCUT2D eigenvalue weighted by atomic mass is 10.0. The minimum Gasteiger partial charge on any atom is -0.482 e. The molecule has 0 saturated carbocycles. The van der Waals surface area contributed by atoms with Gasteiger partial charge in [0.05, 0.1) is 5.02 Å². The van der Waals surface area contributed by atoms with Gasteiger partial charge >= 0.3 is 0 Å². The molecule has 1 aliphatic rings. The Kier molecular flexibility index (Phi) is 9.27. The SMILES string of the molecule is CC(=O)N1CCN(CCNC(=O)c2cccc(-c3cnc(N)c(OC(C)c4c(Cl)ccc(F)c4Cl)c3)c2)CC1. The molecular weight excluding hydrogens is 544 g/mol. The lowest BCUT2D eigenvalue weighted by Gasteiger charge is -2.34. The zero-order valence-electron chi connectivity index (χ0n) is 21.7. The Hall–Kier alpha value is -3.40. The minimum absolute atomic E-state index is 0.0905. The average Bonchev–Trinajstić information content (AvgIpc) is 2.92. The summed E-state index contributed by atoms with van der Waals surface area (Å²) in [6.07, 6.45) is 0.884. The maximum Gasteiger partial charge on any atom is 0.251 e. The number of carbonyl (C=O) groups is 2. The highest BCUT2D eigenvalue weighted by molar-refractivity contribution is 6.36. The summed E-state index contributed by atoms with van der Waals surface area (Å²) in [7, 11) is 0. The molecule has 4 rings (SSSR count). The van der Waals surface area contributed by atoms with Crippen molar-refractivity contribution in [1.29, 1.82) is 0 Å². The highest BCUT2D eigenvalue weighted by Gasteiger charge is 2.21. The predicted molar refractivity (Wildman–Crippen MR) is 151 cm³/mol. The quantitative estimate of drug-likeness (QED) is 0.375. The van der Waals surface area contributed by atoms with E-state index in [0.29, 0.717) is 42.9 Å². The van der Waals surface area contributed by atoms with Crippen molar-refractivity contribution in [3.8, 4) is 16.9 Å². The second-order valence-electron chi connectivity index (χ2n) is 9.31. The number of carbonyl (C=O) groups excluding carboxylic acids is 2. The summed E-state index contributed by atoms with van der Waals surface area (Å²) in [6, 6.07) is 11.5.